The van der Waals surface area contributed by atoms with E-state index < -0.39 is 0 Å². The van der Waals surface area contributed by atoms with Crippen molar-refractivity contribution in [1.82, 2.24) is 4.98 Å². The summed E-state index contributed by atoms with van der Waals surface area (Å²) in [6, 6.07) is 0. The number of thiazole rings is 1. The standard InChI is InChI=1S/C9H12N2S/c1-3-8-7(2)12-9(11-8)5-4-6-10/h1H,4-6,10H2,2H3. The summed E-state index contributed by atoms with van der Waals surface area (Å²) in [6.07, 6.45) is 7.19. The van der Waals surface area contributed by atoms with Crippen molar-refractivity contribution in [2.75, 3.05) is 6.54 Å². The maximum absolute atomic E-state index is 5.39. The number of aryl methyl sites for hydroxylation is 2. The van der Waals surface area contributed by atoms with Gasteiger partial charge in [-0.2, -0.15) is 0 Å². The fourth-order valence-electron chi connectivity index (χ4n) is 0.945. The van der Waals surface area contributed by atoms with Crippen LogP contribution in [0.5, 0.6) is 0 Å². The Morgan fingerprint density at radius 3 is 2.92 bits per heavy atom. The summed E-state index contributed by atoms with van der Waals surface area (Å²) in [4.78, 5) is 5.42. The summed E-state index contributed by atoms with van der Waals surface area (Å²) in [5.41, 5.74) is 6.17. The van der Waals surface area contributed by atoms with Crippen LogP contribution in [-0.2, 0) is 6.42 Å². The van der Waals surface area contributed by atoms with E-state index in [0.717, 1.165) is 28.4 Å². The van der Waals surface area contributed by atoms with E-state index in [1.807, 2.05) is 6.92 Å². The first-order valence-electron chi connectivity index (χ1n) is 3.91. The van der Waals surface area contributed by atoms with E-state index in [-0.39, 0.29) is 0 Å². The molecule has 1 aromatic rings. The monoisotopic (exact) mass is 180 g/mol. The molecule has 0 spiro atoms. The SMILES string of the molecule is C#Cc1nc(CCCN)sc1C. The van der Waals surface area contributed by atoms with Gasteiger partial charge in [-0.3, -0.25) is 0 Å². The average Bonchev–Trinajstić information content (AvgIpc) is 2.43. The summed E-state index contributed by atoms with van der Waals surface area (Å²) >= 11 is 1.67. The molecule has 2 N–H and O–H groups in total. The van der Waals surface area contributed by atoms with Crippen LogP contribution in [0.3, 0.4) is 0 Å². The van der Waals surface area contributed by atoms with Gasteiger partial charge in [0.2, 0.25) is 0 Å². The zero-order valence-electron chi connectivity index (χ0n) is 7.13. The maximum Gasteiger partial charge on any atom is 0.127 e. The Morgan fingerprint density at radius 2 is 2.42 bits per heavy atom. The first kappa shape index (κ1) is 9.24. The van der Waals surface area contributed by atoms with Gasteiger partial charge in [0.05, 0.1) is 5.01 Å². The molecule has 0 radical (unpaired) electrons. The first-order valence-corrected chi connectivity index (χ1v) is 4.72. The third kappa shape index (κ3) is 2.07. The second kappa shape index (κ2) is 4.24. The molecule has 1 aromatic heterocycles. The Morgan fingerprint density at radius 1 is 1.67 bits per heavy atom. The summed E-state index contributed by atoms with van der Waals surface area (Å²) < 4.78 is 0. The van der Waals surface area contributed by atoms with E-state index in [0.29, 0.717) is 6.54 Å². The molecule has 0 aromatic carbocycles. The first-order chi connectivity index (χ1) is 5.77. The molecule has 0 fully saturated rings. The molecule has 0 aliphatic rings. The molecule has 0 saturated carbocycles. The fourth-order valence-corrected chi connectivity index (χ4v) is 1.88. The van der Waals surface area contributed by atoms with Crippen LogP contribution in [0.25, 0.3) is 0 Å². The van der Waals surface area contributed by atoms with Crippen molar-refractivity contribution in [3.05, 3.63) is 15.6 Å². The molecule has 12 heavy (non-hydrogen) atoms. The minimum Gasteiger partial charge on any atom is -0.330 e. The maximum atomic E-state index is 5.39. The van der Waals surface area contributed by atoms with E-state index in [1.165, 1.54) is 0 Å². The normalized spacial score (nSPS) is 9.75. The molecule has 2 nitrogen and oxygen atoms in total. The second-order valence-electron chi connectivity index (χ2n) is 2.55. The topological polar surface area (TPSA) is 38.9 Å². The lowest BCUT2D eigenvalue weighted by atomic mass is 10.3. The van der Waals surface area contributed by atoms with Crippen molar-refractivity contribution in [3.63, 3.8) is 0 Å². The highest BCUT2D eigenvalue weighted by Gasteiger charge is 2.03. The molecular formula is C9H12N2S. The highest BCUT2D eigenvalue weighted by molar-refractivity contribution is 7.11. The van der Waals surface area contributed by atoms with E-state index in [9.17, 15) is 0 Å². The highest BCUT2D eigenvalue weighted by Crippen LogP contribution is 2.17. The number of hydrogen-bond acceptors (Lipinski definition) is 3. The Hall–Kier alpha value is -0.850. The molecule has 3 heteroatoms. The largest absolute Gasteiger partial charge is 0.330 e. The van der Waals surface area contributed by atoms with E-state index >= 15 is 0 Å². The van der Waals surface area contributed by atoms with Gasteiger partial charge in [0.25, 0.3) is 0 Å². The number of rotatable bonds is 3. The summed E-state index contributed by atoms with van der Waals surface area (Å²) in [5.74, 6) is 2.56. The highest BCUT2D eigenvalue weighted by atomic mass is 32.1. The van der Waals surface area contributed by atoms with Gasteiger partial charge in [-0.25, -0.2) is 4.98 Å². The Balaban J connectivity index is 2.70. The zero-order chi connectivity index (χ0) is 8.97. The summed E-state index contributed by atoms with van der Waals surface area (Å²) in [7, 11) is 0. The molecule has 0 bridgehead atoms. The second-order valence-corrected chi connectivity index (χ2v) is 3.84. The van der Waals surface area contributed by atoms with Crippen molar-refractivity contribution in [3.8, 4) is 12.3 Å². The van der Waals surface area contributed by atoms with Crippen LogP contribution >= 0.6 is 11.3 Å². The number of nitrogens with two attached hydrogens (primary N) is 1. The summed E-state index contributed by atoms with van der Waals surface area (Å²) in [5, 5.41) is 1.10. The van der Waals surface area contributed by atoms with Gasteiger partial charge in [-0.15, -0.1) is 17.8 Å². The quantitative estimate of drug-likeness (QED) is 0.713. The van der Waals surface area contributed by atoms with Gasteiger partial charge in [-0.1, -0.05) is 0 Å². The third-order valence-electron chi connectivity index (χ3n) is 1.57. The predicted molar refractivity (Wildman–Crippen MR) is 52.2 cm³/mol. The van der Waals surface area contributed by atoms with Gasteiger partial charge in [0.1, 0.15) is 5.69 Å². The zero-order valence-corrected chi connectivity index (χ0v) is 7.95. The van der Waals surface area contributed by atoms with Crippen LogP contribution in [0.15, 0.2) is 0 Å². The molecule has 64 valence electrons. The van der Waals surface area contributed by atoms with Crippen LogP contribution in [0.2, 0.25) is 0 Å². The van der Waals surface area contributed by atoms with E-state index in [1.54, 1.807) is 11.3 Å². The molecule has 0 aliphatic carbocycles. The predicted octanol–water partition coefficient (Wildman–Crippen LogP) is 1.32. The fraction of sp³-hybridized carbons (Fsp3) is 0.444. The van der Waals surface area contributed by atoms with Crippen LogP contribution in [0.1, 0.15) is 22.0 Å². The van der Waals surface area contributed by atoms with Crippen LogP contribution in [0, 0.1) is 19.3 Å². The van der Waals surface area contributed by atoms with Crippen molar-refractivity contribution in [2.24, 2.45) is 5.73 Å². The van der Waals surface area contributed by atoms with Gasteiger partial charge in [0, 0.05) is 11.3 Å². The van der Waals surface area contributed by atoms with Crippen molar-refractivity contribution < 1.29 is 0 Å². The minimum absolute atomic E-state index is 0.712. The lowest BCUT2D eigenvalue weighted by Gasteiger charge is -1.89. The van der Waals surface area contributed by atoms with E-state index in [2.05, 4.69) is 10.9 Å². The van der Waals surface area contributed by atoms with Crippen molar-refractivity contribution in [2.45, 2.75) is 19.8 Å². The van der Waals surface area contributed by atoms with Crippen molar-refractivity contribution in [1.29, 1.82) is 0 Å². The average molecular weight is 180 g/mol. The molecule has 1 heterocycles. The van der Waals surface area contributed by atoms with Gasteiger partial charge in [-0.05, 0) is 25.8 Å². The molecular weight excluding hydrogens is 168 g/mol. The van der Waals surface area contributed by atoms with Crippen LogP contribution in [-0.4, -0.2) is 11.5 Å². The summed E-state index contributed by atoms with van der Waals surface area (Å²) in [6.45, 7) is 2.71. The molecule has 0 amide bonds. The number of hydrogen-bond donors (Lipinski definition) is 1. The smallest absolute Gasteiger partial charge is 0.127 e. The van der Waals surface area contributed by atoms with Gasteiger partial charge < -0.3 is 5.73 Å². The molecule has 0 saturated heterocycles. The number of aromatic nitrogens is 1. The van der Waals surface area contributed by atoms with Crippen molar-refractivity contribution >= 4 is 11.3 Å². The van der Waals surface area contributed by atoms with Gasteiger partial charge >= 0.3 is 0 Å². The Kier molecular flexibility index (Phi) is 3.27. The van der Waals surface area contributed by atoms with Crippen LogP contribution in [0.4, 0.5) is 0 Å². The molecule has 0 unspecified atom stereocenters. The Labute approximate surface area is 76.8 Å². The number of nitrogens with zero attached hydrogens (tertiary/aromatic N) is 1. The Bertz CT molecular complexity index is 296. The lowest BCUT2D eigenvalue weighted by molar-refractivity contribution is 0.825. The molecule has 1 rings (SSSR count). The van der Waals surface area contributed by atoms with Crippen LogP contribution < -0.4 is 5.73 Å². The number of terminal acetylenes is 1. The van der Waals surface area contributed by atoms with Gasteiger partial charge in [0.15, 0.2) is 0 Å². The van der Waals surface area contributed by atoms with E-state index in [4.69, 9.17) is 12.2 Å². The molecule has 0 aliphatic heterocycles. The lowest BCUT2D eigenvalue weighted by Crippen LogP contribution is -1.99. The minimum atomic E-state index is 0.712. The molecule has 0 atom stereocenters. The third-order valence-corrected chi connectivity index (χ3v) is 2.60.